The van der Waals surface area contributed by atoms with E-state index in [1.165, 1.54) is 10.8 Å². The van der Waals surface area contributed by atoms with Gasteiger partial charge in [0.15, 0.2) is 11.5 Å². The molecule has 1 saturated heterocycles. The van der Waals surface area contributed by atoms with Gasteiger partial charge in [-0.25, -0.2) is 9.78 Å². The van der Waals surface area contributed by atoms with Gasteiger partial charge in [-0.05, 0) is 44.0 Å². The zero-order chi connectivity index (χ0) is 26.8. The van der Waals surface area contributed by atoms with Crippen LogP contribution in [-0.2, 0) is 9.53 Å². The van der Waals surface area contributed by atoms with Crippen LogP contribution in [0.5, 0.6) is 0 Å². The number of aromatic carboxylic acids is 1. The molecule has 11 nitrogen and oxygen atoms in total. The van der Waals surface area contributed by atoms with Gasteiger partial charge >= 0.3 is 5.97 Å². The molecule has 0 saturated carbocycles. The molecule has 1 N–H and O–H groups in total. The molecule has 5 heterocycles. The lowest BCUT2D eigenvalue weighted by molar-refractivity contribution is -0.123. The molecule has 0 amide bonds. The molecule has 0 atom stereocenters. The van der Waals surface area contributed by atoms with Crippen LogP contribution in [0.1, 0.15) is 35.7 Å². The summed E-state index contributed by atoms with van der Waals surface area (Å²) in [6.45, 7) is 5.96. The monoisotopic (exact) mass is 534 g/mol. The highest BCUT2D eigenvalue weighted by Crippen LogP contribution is 2.29. The van der Waals surface area contributed by atoms with E-state index in [2.05, 4.69) is 14.3 Å². The molecule has 4 aromatic rings. The van der Waals surface area contributed by atoms with Crippen molar-refractivity contribution in [1.82, 2.24) is 23.9 Å². The SMILES string of the molecule is CCOCCCC(=O)C1CN(c2cc(C)c3c(=O)c(C(=O)O)cn(-c4nc(-c5ccccn5)ns4)c3n2)C1. The third kappa shape index (κ3) is 4.92. The molecule has 0 unspecified atom stereocenters. The van der Waals surface area contributed by atoms with Gasteiger partial charge in [0.1, 0.15) is 22.9 Å². The molecular formula is C26H26N6O5S. The summed E-state index contributed by atoms with van der Waals surface area (Å²) >= 11 is 1.05. The Morgan fingerprint density at radius 2 is 2.05 bits per heavy atom. The third-order valence-electron chi connectivity index (χ3n) is 6.46. The van der Waals surface area contributed by atoms with E-state index in [-0.39, 0.29) is 28.3 Å². The number of aryl methyl sites for hydroxylation is 1. The number of rotatable bonds is 10. The Labute approximate surface area is 221 Å². The van der Waals surface area contributed by atoms with Crippen LogP contribution in [0.2, 0.25) is 0 Å². The van der Waals surface area contributed by atoms with Crippen LogP contribution in [0, 0.1) is 12.8 Å². The fourth-order valence-corrected chi connectivity index (χ4v) is 5.07. The summed E-state index contributed by atoms with van der Waals surface area (Å²) in [5.74, 6) is -0.209. The quantitative estimate of drug-likeness (QED) is 0.302. The van der Waals surface area contributed by atoms with Crippen molar-refractivity contribution in [2.24, 2.45) is 5.92 Å². The van der Waals surface area contributed by atoms with Gasteiger partial charge in [0.2, 0.25) is 10.6 Å². The Balaban J connectivity index is 1.49. The number of carbonyl (C=O) groups excluding carboxylic acids is 1. The number of carbonyl (C=O) groups is 2. The molecule has 1 aliphatic heterocycles. The first-order valence-electron chi connectivity index (χ1n) is 12.3. The lowest BCUT2D eigenvalue weighted by Gasteiger charge is -2.39. The summed E-state index contributed by atoms with van der Waals surface area (Å²) < 4.78 is 11.2. The predicted octanol–water partition coefficient (Wildman–Crippen LogP) is 3.13. The second-order valence-electron chi connectivity index (χ2n) is 9.03. The van der Waals surface area contributed by atoms with E-state index < -0.39 is 11.4 Å². The van der Waals surface area contributed by atoms with Crippen molar-refractivity contribution >= 4 is 40.1 Å². The maximum atomic E-state index is 13.1. The van der Waals surface area contributed by atoms with Gasteiger partial charge < -0.3 is 14.7 Å². The Hall–Kier alpha value is -4.03. The van der Waals surface area contributed by atoms with Crippen molar-refractivity contribution < 1.29 is 19.4 Å². The maximum Gasteiger partial charge on any atom is 0.341 e. The van der Waals surface area contributed by atoms with Crippen molar-refractivity contribution in [3.8, 4) is 16.6 Å². The van der Waals surface area contributed by atoms with E-state index in [0.717, 1.165) is 11.5 Å². The van der Waals surface area contributed by atoms with Crippen LogP contribution in [0.25, 0.3) is 27.7 Å². The predicted molar refractivity (Wildman–Crippen MR) is 142 cm³/mol. The fraction of sp³-hybridized carbons (Fsp3) is 0.346. The number of hydrogen-bond acceptors (Lipinski definition) is 10. The van der Waals surface area contributed by atoms with Crippen molar-refractivity contribution in [1.29, 1.82) is 0 Å². The topological polar surface area (TPSA) is 140 Å². The standard InChI is InChI=1S/C26H26N6O5S/c1-3-37-10-6-8-19(33)16-12-31(13-16)20-11-15(2)21-22(34)17(25(35)36)14-32(24(21)28-20)26-29-23(30-38-26)18-7-4-5-9-27-18/h4-5,7,9,11,14,16H,3,6,8,10,12-13H2,1-2H3,(H,35,36). The first-order valence-corrected chi connectivity index (χ1v) is 13.1. The van der Waals surface area contributed by atoms with Crippen molar-refractivity contribution in [3.05, 3.63) is 58.0 Å². The summed E-state index contributed by atoms with van der Waals surface area (Å²) in [6.07, 6.45) is 4.06. The van der Waals surface area contributed by atoms with E-state index in [0.29, 0.717) is 67.2 Å². The molecule has 0 spiro atoms. The van der Waals surface area contributed by atoms with Gasteiger partial charge in [0.05, 0.1) is 11.3 Å². The van der Waals surface area contributed by atoms with Crippen LogP contribution in [-0.4, -0.2) is 67.1 Å². The number of hydrogen-bond donors (Lipinski definition) is 1. The molecule has 0 aliphatic carbocycles. The Kier molecular flexibility index (Phi) is 7.25. The second kappa shape index (κ2) is 10.8. The van der Waals surface area contributed by atoms with E-state index in [9.17, 15) is 19.5 Å². The lowest BCUT2D eigenvalue weighted by Crippen LogP contribution is -2.51. The van der Waals surface area contributed by atoms with Crippen LogP contribution in [0.3, 0.4) is 0 Å². The molecule has 12 heteroatoms. The van der Waals surface area contributed by atoms with Crippen LogP contribution >= 0.6 is 11.5 Å². The Bertz CT molecular complexity index is 1560. The average molecular weight is 535 g/mol. The highest BCUT2D eigenvalue weighted by molar-refractivity contribution is 7.08. The van der Waals surface area contributed by atoms with Gasteiger partial charge in [-0.15, -0.1) is 0 Å². The van der Waals surface area contributed by atoms with Crippen molar-refractivity contribution in [2.75, 3.05) is 31.2 Å². The summed E-state index contributed by atoms with van der Waals surface area (Å²) in [7, 11) is 0. The molecule has 0 aromatic carbocycles. The summed E-state index contributed by atoms with van der Waals surface area (Å²) in [5.41, 5.74) is 0.450. The summed E-state index contributed by atoms with van der Waals surface area (Å²) in [6, 6.07) is 7.14. The van der Waals surface area contributed by atoms with Gasteiger partial charge in [0.25, 0.3) is 0 Å². The number of aromatic nitrogens is 5. The van der Waals surface area contributed by atoms with Crippen LogP contribution in [0.4, 0.5) is 5.82 Å². The molecule has 0 radical (unpaired) electrons. The number of carboxylic acid groups (broad SMARTS) is 1. The Morgan fingerprint density at radius 3 is 2.76 bits per heavy atom. The van der Waals surface area contributed by atoms with E-state index in [1.54, 1.807) is 31.3 Å². The third-order valence-corrected chi connectivity index (χ3v) is 7.18. The van der Waals surface area contributed by atoms with E-state index in [1.807, 2.05) is 17.9 Å². The van der Waals surface area contributed by atoms with E-state index >= 15 is 0 Å². The summed E-state index contributed by atoms with van der Waals surface area (Å²) in [4.78, 5) is 53.1. The van der Waals surface area contributed by atoms with Crippen molar-refractivity contribution in [2.45, 2.75) is 26.7 Å². The zero-order valence-corrected chi connectivity index (χ0v) is 21.8. The number of carboxylic acids is 1. The number of Topliss-reactive ketones (excluding diaryl/α,β-unsaturated/α-hetero) is 1. The molecule has 4 aromatic heterocycles. The first kappa shape index (κ1) is 25.6. The number of pyridine rings is 3. The second-order valence-corrected chi connectivity index (χ2v) is 9.76. The largest absolute Gasteiger partial charge is 0.477 e. The molecule has 0 bridgehead atoms. The first-order chi connectivity index (χ1) is 18.4. The molecule has 1 fully saturated rings. The normalized spacial score (nSPS) is 13.6. The smallest absolute Gasteiger partial charge is 0.341 e. The number of fused-ring (bicyclic) bond motifs is 1. The van der Waals surface area contributed by atoms with Gasteiger partial charge in [-0.3, -0.25) is 19.1 Å². The highest BCUT2D eigenvalue weighted by atomic mass is 32.1. The molecular weight excluding hydrogens is 508 g/mol. The maximum absolute atomic E-state index is 13.1. The number of ketones is 1. The molecule has 38 heavy (non-hydrogen) atoms. The van der Waals surface area contributed by atoms with Gasteiger partial charge in [-0.1, -0.05) is 6.07 Å². The molecule has 196 valence electrons. The summed E-state index contributed by atoms with van der Waals surface area (Å²) in [5, 5.41) is 10.3. The Morgan fingerprint density at radius 1 is 1.24 bits per heavy atom. The minimum absolute atomic E-state index is 0.0740. The van der Waals surface area contributed by atoms with Gasteiger partial charge in [0, 0.05) is 56.7 Å². The van der Waals surface area contributed by atoms with Crippen LogP contribution in [0.15, 0.2) is 41.5 Å². The van der Waals surface area contributed by atoms with E-state index in [4.69, 9.17) is 9.72 Å². The highest BCUT2D eigenvalue weighted by Gasteiger charge is 2.33. The zero-order valence-electron chi connectivity index (χ0n) is 21.0. The number of nitrogens with zero attached hydrogens (tertiary/aromatic N) is 6. The lowest BCUT2D eigenvalue weighted by atomic mass is 9.92. The fourth-order valence-electron chi connectivity index (χ4n) is 4.42. The van der Waals surface area contributed by atoms with Gasteiger partial charge in [-0.2, -0.15) is 9.36 Å². The number of anilines is 1. The average Bonchev–Trinajstić information content (AvgIpc) is 3.36. The number of ether oxygens (including phenoxy) is 1. The molecule has 5 rings (SSSR count). The van der Waals surface area contributed by atoms with Crippen molar-refractivity contribution in [3.63, 3.8) is 0 Å². The minimum atomic E-state index is -1.34. The molecule has 1 aliphatic rings. The van der Waals surface area contributed by atoms with Crippen LogP contribution < -0.4 is 10.3 Å². The minimum Gasteiger partial charge on any atom is -0.477 e.